The van der Waals surface area contributed by atoms with Gasteiger partial charge in [-0.2, -0.15) is 0 Å². The van der Waals surface area contributed by atoms with E-state index < -0.39 is 0 Å². The molecule has 0 radical (unpaired) electrons. The summed E-state index contributed by atoms with van der Waals surface area (Å²) in [7, 11) is 0. The van der Waals surface area contributed by atoms with Gasteiger partial charge < -0.3 is 10.6 Å². The summed E-state index contributed by atoms with van der Waals surface area (Å²) in [6.07, 6.45) is 4.38. The van der Waals surface area contributed by atoms with Crippen LogP contribution in [0.5, 0.6) is 0 Å². The molecule has 1 aromatic heterocycles. The molecule has 0 spiro atoms. The summed E-state index contributed by atoms with van der Waals surface area (Å²) in [6, 6.07) is 7.76. The molecule has 2 aromatic rings. The van der Waals surface area contributed by atoms with Crippen molar-refractivity contribution in [2.45, 2.75) is 19.9 Å². The Morgan fingerprint density at radius 1 is 1.40 bits per heavy atom. The molecule has 0 unspecified atom stereocenters. The van der Waals surface area contributed by atoms with E-state index in [0.717, 1.165) is 30.8 Å². The summed E-state index contributed by atoms with van der Waals surface area (Å²) in [6.45, 7) is 3.87. The Morgan fingerprint density at radius 3 is 3.05 bits per heavy atom. The molecule has 0 bridgehead atoms. The number of carbonyl (C=O) groups is 1. The highest BCUT2D eigenvalue weighted by molar-refractivity contribution is 5.92. The topological polar surface area (TPSA) is 71.8 Å². The van der Waals surface area contributed by atoms with Gasteiger partial charge in [0.1, 0.15) is 0 Å². The van der Waals surface area contributed by atoms with E-state index in [9.17, 15) is 4.79 Å². The highest BCUT2D eigenvalue weighted by atomic mass is 16.1. The van der Waals surface area contributed by atoms with Crippen molar-refractivity contribution >= 4 is 11.6 Å². The van der Waals surface area contributed by atoms with Gasteiger partial charge in [-0.25, -0.2) is 0 Å². The number of benzene rings is 1. The molecule has 2 N–H and O–H groups in total. The van der Waals surface area contributed by atoms with Crippen LogP contribution in [0, 0.1) is 6.92 Å². The van der Waals surface area contributed by atoms with Crippen molar-refractivity contribution in [3.05, 3.63) is 42.2 Å². The van der Waals surface area contributed by atoms with Gasteiger partial charge in [-0.05, 0) is 37.6 Å². The molecular formula is C14H19N5O. The Bertz CT molecular complexity index is 538. The molecule has 0 saturated carbocycles. The van der Waals surface area contributed by atoms with Crippen LogP contribution in [0.25, 0.3) is 0 Å². The number of nitrogens with zero attached hydrogens (tertiary/aromatic N) is 3. The van der Waals surface area contributed by atoms with E-state index in [4.69, 9.17) is 0 Å². The van der Waals surface area contributed by atoms with E-state index >= 15 is 0 Å². The predicted octanol–water partition coefficient (Wildman–Crippen LogP) is 1.20. The molecule has 0 aliphatic heterocycles. The van der Waals surface area contributed by atoms with E-state index in [1.165, 1.54) is 0 Å². The van der Waals surface area contributed by atoms with E-state index in [1.54, 1.807) is 10.9 Å². The van der Waals surface area contributed by atoms with Gasteiger partial charge in [0.15, 0.2) is 0 Å². The highest BCUT2D eigenvalue weighted by Gasteiger charge is 2.01. The molecule has 6 nitrogen and oxygen atoms in total. The SMILES string of the molecule is Cc1cccc(NC(=O)CNCCCn2ccnn2)c1. The van der Waals surface area contributed by atoms with Crippen LogP contribution in [0.4, 0.5) is 5.69 Å². The van der Waals surface area contributed by atoms with Crippen molar-refractivity contribution in [3.8, 4) is 0 Å². The second-order valence-corrected chi connectivity index (χ2v) is 4.61. The molecular weight excluding hydrogens is 254 g/mol. The second-order valence-electron chi connectivity index (χ2n) is 4.61. The third-order valence-electron chi connectivity index (χ3n) is 2.80. The number of amides is 1. The fourth-order valence-corrected chi connectivity index (χ4v) is 1.85. The predicted molar refractivity (Wildman–Crippen MR) is 77.3 cm³/mol. The van der Waals surface area contributed by atoms with Crippen LogP contribution in [-0.2, 0) is 11.3 Å². The Labute approximate surface area is 118 Å². The first-order valence-electron chi connectivity index (χ1n) is 6.65. The maximum Gasteiger partial charge on any atom is 0.238 e. The second kappa shape index (κ2) is 7.40. The lowest BCUT2D eigenvalue weighted by Gasteiger charge is -2.07. The van der Waals surface area contributed by atoms with Gasteiger partial charge in [0, 0.05) is 18.4 Å². The lowest BCUT2D eigenvalue weighted by Crippen LogP contribution is -2.29. The van der Waals surface area contributed by atoms with E-state index in [0.29, 0.717) is 6.54 Å². The molecule has 0 aliphatic rings. The fraction of sp³-hybridized carbons (Fsp3) is 0.357. The summed E-state index contributed by atoms with van der Waals surface area (Å²) < 4.78 is 1.77. The lowest BCUT2D eigenvalue weighted by molar-refractivity contribution is -0.115. The largest absolute Gasteiger partial charge is 0.325 e. The number of hydrogen-bond acceptors (Lipinski definition) is 4. The van der Waals surface area contributed by atoms with E-state index in [-0.39, 0.29) is 5.91 Å². The quantitative estimate of drug-likeness (QED) is 0.744. The van der Waals surface area contributed by atoms with Crippen molar-refractivity contribution in [1.29, 1.82) is 0 Å². The minimum Gasteiger partial charge on any atom is -0.325 e. The Balaban J connectivity index is 1.60. The molecule has 1 heterocycles. The zero-order valence-corrected chi connectivity index (χ0v) is 11.5. The minimum atomic E-state index is -0.0312. The summed E-state index contributed by atoms with van der Waals surface area (Å²) in [5.41, 5.74) is 1.96. The standard InChI is InChI=1S/C14H19N5O/c1-12-4-2-5-13(10-12)17-14(20)11-15-6-3-8-19-9-7-16-18-19/h2,4-5,7,9-10,15H,3,6,8,11H2,1H3,(H,17,20). The van der Waals surface area contributed by atoms with Gasteiger partial charge in [0.25, 0.3) is 0 Å². The maximum absolute atomic E-state index is 11.7. The number of nitrogens with one attached hydrogen (secondary N) is 2. The first-order chi connectivity index (χ1) is 9.74. The van der Waals surface area contributed by atoms with Crippen molar-refractivity contribution in [2.75, 3.05) is 18.4 Å². The third-order valence-corrected chi connectivity index (χ3v) is 2.80. The van der Waals surface area contributed by atoms with Crippen molar-refractivity contribution < 1.29 is 4.79 Å². The summed E-state index contributed by atoms with van der Waals surface area (Å²) in [5.74, 6) is -0.0312. The summed E-state index contributed by atoms with van der Waals surface area (Å²) in [4.78, 5) is 11.7. The third kappa shape index (κ3) is 4.81. The first-order valence-corrected chi connectivity index (χ1v) is 6.65. The molecule has 1 aromatic carbocycles. The van der Waals surface area contributed by atoms with Crippen molar-refractivity contribution in [2.24, 2.45) is 0 Å². The number of aromatic nitrogens is 3. The van der Waals surface area contributed by atoms with E-state index in [1.807, 2.05) is 37.4 Å². The zero-order valence-electron chi connectivity index (χ0n) is 11.5. The summed E-state index contributed by atoms with van der Waals surface area (Å²) in [5, 5.41) is 13.6. The minimum absolute atomic E-state index is 0.0312. The van der Waals surface area contributed by atoms with Crippen molar-refractivity contribution in [1.82, 2.24) is 20.3 Å². The maximum atomic E-state index is 11.7. The number of carbonyl (C=O) groups excluding carboxylic acids is 1. The molecule has 0 saturated heterocycles. The molecule has 6 heteroatoms. The highest BCUT2D eigenvalue weighted by Crippen LogP contribution is 2.08. The smallest absolute Gasteiger partial charge is 0.238 e. The number of aryl methyl sites for hydroxylation is 2. The van der Waals surface area contributed by atoms with Crippen LogP contribution in [-0.4, -0.2) is 34.0 Å². The van der Waals surface area contributed by atoms with Gasteiger partial charge in [0.05, 0.1) is 12.7 Å². The van der Waals surface area contributed by atoms with Crippen LogP contribution in [0.1, 0.15) is 12.0 Å². The average molecular weight is 273 g/mol. The first kappa shape index (κ1) is 14.2. The van der Waals surface area contributed by atoms with Crippen LogP contribution in [0.3, 0.4) is 0 Å². The average Bonchev–Trinajstić information content (AvgIpc) is 2.91. The van der Waals surface area contributed by atoms with Crippen molar-refractivity contribution in [3.63, 3.8) is 0 Å². The molecule has 0 aliphatic carbocycles. The van der Waals surface area contributed by atoms with Gasteiger partial charge >= 0.3 is 0 Å². The Hall–Kier alpha value is -2.21. The zero-order chi connectivity index (χ0) is 14.2. The molecule has 106 valence electrons. The monoisotopic (exact) mass is 273 g/mol. The number of rotatable bonds is 7. The normalized spacial score (nSPS) is 10.4. The molecule has 0 atom stereocenters. The van der Waals surface area contributed by atoms with Crippen LogP contribution < -0.4 is 10.6 Å². The summed E-state index contributed by atoms with van der Waals surface area (Å²) >= 11 is 0. The van der Waals surface area contributed by atoms with Gasteiger partial charge in [-0.1, -0.05) is 17.3 Å². The van der Waals surface area contributed by atoms with Gasteiger partial charge in [-0.3, -0.25) is 9.48 Å². The Morgan fingerprint density at radius 2 is 2.30 bits per heavy atom. The molecule has 1 amide bonds. The number of anilines is 1. The lowest BCUT2D eigenvalue weighted by atomic mass is 10.2. The van der Waals surface area contributed by atoms with Gasteiger partial charge in [0.2, 0.25) is 5.91 Å². The van der Waals surface area contributed by atoms with Crippen LogP contribution in [0.2, 0.25) is 0 Å². The van der Waals surface area contributed by atoms with Gasteiger partial charge in [-0.15, -0.1) is 5.10 Å². The van der Waals surface area contributed by atoms with Crippen LogP contribution in [0.15, 0.2) is 36.7 Å². The molecule has 20 heavy (non-hydrogen) atoms. The van der Waals surface area contributed by atoms with Crippen LogP contribution >= 0.6 is 0 Å². The fourth-order valence-electron chi connectivity index (χ4n) is 1.85. The van der Waals surface area contributed by atoms with E-state index in [2.05, 4.69) is 20.9 Å². The molecule has 0 fully saturated rings. The Kier molecular flexibility index (Phi) is 5.25. The number of hydrogen-bond donors (Lipinski definition) is 2. The molecule has 2 rings (SSSR count).